The third-order valence-electron chi connectivity index (χ3n) is 6.24. The van der Waals surface area contributed by atoms with Crippen LogP contribution in [0.25, 0.3) is 0 Å². The molecule has 0 heterocycles. The smallest absolute Gasteiger partial charge is 0.311 e. The summed E-state index contributed by atoms with van der Waals surface area (Å²) in [7, 11) is 0. The van der Waals surface area contributed by atoms with E-state index in [1.807, 2.05) is 13.8 Å². The third kappa shape index (κ3) is 4.00. The molecule has 0 bridgehead atoms. The van der Waals surface area contributed by atoms with Crippen molar-refractivity contribution in [1.82, 2.24) is 0 Å². The topological polar surface area (TPSA) is 149 Å². The molecule has 0 amide bonds. The molecule has 4 N–H and O–H groups in total. The van der Waals surface area contributed by atoms with Gasteiger partial charge in [0.2, 0.25) is 0 Å². The second-order valence-corrected chi connectivity index (χ2v) is 7.85. The molecule has 1 aliphatic rings. The van der Waals surface area contributed by atoms with Crippen molar-refractivity contribution < 1.29 is 39.6 Å². The van der Waals surface area contributed by atoms with Crippen LogP contribution in [0.5, 0.6) is 0 Å². The van der Waals surface area contributed by atoms with Gasteiger partial charge >= 0.3 is 23.9 Å². The Labute approximate surface area is 164 Å². The van der Waals surface area contributed by atoms with Gasteiger partial charge in [-0.15, -0.1) is 0 Å². The van der Waals surface area contributed by atoms with E-state index in [4.69, 9.17) is 0 Å². The first-order valence-electron chi connectivity index (χ1n) is 10.1. The lowest BCUT2D eigenvalue weighted by Gasteiger charge is -2.61. The van der Waals surface area contributed by atoms with Gasteiger partial charge in [0.15, 0.2) is 0 Å². The van der Waals surface area contributed by atoms with E-state index in [0.717, 1.165) is 25.7 Å². The van der Waals surface area contributed by atoms with Crippen molar-refractivity contribution in [1.29, 1.82) is 0 Å². The van der Waals surface area contributed by atoms with Crippen LogP contribution in [-0.4, -0.2) is 44.3 Å². The highest BCUT2D eigenvalue weighted by atomic mass is 16.4. The fourth-order valence-electron chi connectivity index (χ4n) is 5.01. The summed E-state index contributed by atoms with van der Waals surface area (Å²) >= 11 is 0. The van der Waals surface area contributed by atoms with Gasteiger partial charge in [-0.25, -0.2) is 0 Å². The molecule has 160 valence electrons. The van der Waals surface area contributed by atoms with Crippen LogP contribution in [0.3, 0.4) is 0 Å². The second kappa shape index (κ2) is 9.89. The molecule has 1 rings (SSSR count). The minimum absolute atomic E-state index is 0.153. The first kappa shape index (κ1) is 23.9. The minimum atomic E-state index is -2.10. The van der Waals surface area contributed by atoms with Crippen molar-refractivity contribution in [2.24, 2.45) is 22.7 Å². The van der Waals surface area contributed by atoms with Gasteiger partial charge in [0.1, 0.15) is 0 Å². The highest BCUT2D eigenvalue weighted by Gasteiger charge is 2.81. The molecule has 0 aliphatic heterocycles. The number of hydrogen-bond donors (Lipinski definition) is 4. The van der Waals surface area contributed by atoms with Crippen molar-refractivity contribution in [3.8, 4) is 0 Å². The number of hydrogen-bond acceptors (Lipinski definition) is 4. The maximum absolute atomic E-state index is 12.2. The number of carboxylic acids is 4. The third-order valence-corrected chi connectivity index (χ3v) is 6.24. The summed E-state index contributed by atoms with van der Waals surface area (Å²) in [4.78, 5) is 48.4. The minimum Gasteiger partial charge on any atom is -0.481 e. The molecular weight excluding hydrogens is 368 g/mol. The van der Waals surface area contributed by atoms with Crippen molar-refractivity contribution in [3.05, 3.63) is 0 Å². The van der Waals surface area contributed by atoms with E-state index in [1.165, 1.54) is 0 Å². The summed E-state index contributed by atoms with van der Waals surface area (Å²) in [5.74, 6) is -9.69. The van der Waals surface area contributed by atoms with Gasteiger partial charge in [-0.2, -0.15) is 0 Å². The Morgan fingerprint density at radius 2 is 0.929 bits per heavy atom. The zero-order valence-corrected chi connectivity index (χ0v) is 16.6. The Hall–Kier alpha value is -2.12. The number of aliphatic carboxylic acids is 4. The number of rotatable bonds is 14. The molecule has 0 unspecified atom stereocenters. The Morgan fingerprint density at radius 1 is 0.607 bits per heavy atom. The van der Waals surface area contributed by atoms with Gasteiger partial charge in [-0.05, 0) is 12.8 Å². The Bertz CT molecular complexity index is 537. The fraction of sp³-hybridized carbons (Fsp3) is 0.800. The lowest BCUT2D eigenvalue weighted by atomic mass is 9.36. The average molecular weight is 400 g/mol. The van der Waals surface area contributed by atoms with Crippen LogP contribution >= 0.6 is 0 Å². The molecule has 0 aromatic carbocycles. The van der Waals surface area contributed by atoms with E-state index in [1.54, 1.807) is 0 Å². The summed E-state index contributed by atoms with van der Waals surface area (Å²) in [5, 5.41) is 39.3. The maximum Gasteiger partial charge on any atom is 0.311 e. The zero-order chi connectivity index (χ0) is 21.5. The van der Waals surface area contributed by atoms with Crippen LogP contribution in [0.2, 0.25) is 0 Å². The highest BCUT2D eigenvalue weighted by Crippen LogP contribution is 2.68. The molecular formula is C20H32O8. The summed E-state index contributed by atoms with van der Waals surface area (Å²) in [6.07, 6.45) is 5.04. The summed E-state index contributed by atoms with van der Waals surface area (Å²) in [6.45, 7) is 3.92. The predicted molar refractivity (Wildman–Crippen MR) is 99.9 cm³/mol. The van der Waals surface area contributed by atoms with Crippen molar-refractivity contribution in [2.45, 2.75) is 78.1 Å². The van der Waals surface area contributed by atoms with E-state index < -0.39 is 46.5 Å². The number of carbonyl (C=O) groups is 4. The summed E-state index contributed by atoms with van der Waals surface area (Å²) in [5.41, 5.74) is -4.21. The highest BCUT2D eigenvalue weighted by molar-refractivity contribution is 6.01. The summed E-state index contributed by atoms with van der Waals surface area (Å²) < 4.78 is 0. The van der Waals surface area contributed by atoms with Gasteiger partial charge in [-0.3, -0.25) is 19.2 Å². The molecule has 0 aromatic heterocycles. The van der Waals surface area contributed by atoms with E-state index in [-0.39, 0.29) is 12.8 Å². The lowest BCUT2D eigenvalue weighted by Crippen LogP contribution is -2.74. The maximum atomic E-state index is 12.2. The summed E-state index contributed by atoms with van der Waals surface area (Å²) in [6, 6.07) is 0. The van der Waals surface area contributed by atoms with Crippen molar-refractivity contribution in [2.75, 3.05) is 0 Å². The first-order chi connectivity index (χ1) is 13.1. The van der Waals surface area contributed by atoms with Crippen LogP contribution in [0, 0.1) is 22.7 Å². The normalized spacial score (nSPS) is 29.1. The van der Waals surface area contributed by atoms with Gasteiger partial charge in [0.05, 0.1) is 22.7 Å². The quantitative estimate of drug-likeness (QED) is 0.324. The molecule has 0 spiro atoms. The molecule has 1 fully saturated rings. The molecule has 0 aromatic rings. The van der Waals surface area contributed by atoms with Crippen LogP contribution in [0.15, 0.2) is 0 Å². The molecule has 8 nitrogen and oxygen atoms in total. The number of unbranched alkanes of at least 4 members (excludes halogenated alkanes) is 6. The lowest BCUT2D eigenvalue weighted by molar-refractivity contribution is -0.241. The Kier molecular flexibility index (Phi) is 8.45. The van der Waals surface area contributed by atoms with E-state index in [2.05, 4.69) is 0 Å². The second-order valence-electron chi connectivity index (χ2n) is 7.85. The average Bonchev–Trinajstić information content (AvgIpc) is 2.57. The monoisotopic (exact) mass is 400 g/mol. The molecule has 1 saturated carbocycles. The Morgan fingerprint density at radius 3 is 1.14 bits per heavy atom. The number of carboxylic acid groups (broad SMARTS) is 4. The molecule has 0 atom stereocenters. The molecule has 8 heteroatoms. The van der Waals surface area contributed by atoms with Gasteiger partial charge in [-0.1, -0.05) is 65.2 Å². The largest absolute Gasteiger partial charge is 0.481 e. The van der Waals surface area contributed by atoms with Gasteiger partial charge < -0.3 is 20.4 Å². The van der Waals surface area contributed by atoms with E-state index in [9.17, 15) is 39.6 Å². The zero-order valence-electron chi connectivity index (χ0n) is 16.6. The Balaban J connectivity index is 3.38. The van der Waals surface area contributed by atoms with Crippen molar-refractivity contribution >= 4 is 23.9 Å². The molecule has 28 heavy (non-hydrogen) atoms. The molecule has 0 radical (unpaired) electrons. The van der Waals surface area contributed by atoms with Crippen LogP contribution < -0.4 is 0 Å². The predicted octanol–water partition coefficient (Wildman–Crippen LogP) is 3.48. The van der Waals surface area contributed by atoms with Crippen LogP contribution in [0.4, 0.5) is 0 Å². The van der Waals surface area contributed by atoms with Crippen molar-refractivity contribution in [3.63, 3.8) is 0 Å². The fourth-order valence-corrected chi connectivity index (χ4v) is 5.01. The van der Waals surface area contributed by atoms with Crippen LogP contribution in [0.1, 0.15) is 78.1 Å². The standard InChI is InChI=1S/C20H32O8/c1-3-5-7-9-11-19(17(25)26)13(15(21)22)20(18(27)28,14(19)16(23)24)12-10-8-6-4-2/h13-14H,3-12H2,1-2H3,(H,21,22)(H,23,24)(H,25,26)(H,27,28). The van der Waals surface area contributed by atoms with E-state index >= 15 is 0 Å². The molecule has 0 saturated heterocycles. The molecule has 1 aliphatic carbocycles. The first-order valence-corrected chi connectivity index (χ1v) is 10.1. The van der Waals surface area contributed by atoms with E-state index in [0.29, 0.717) is 25.7 Å². The SMILES string of the molecule is CCCCCCC1(C(=O)O)C(C(=O)O)C(CCCCCC)(C(=O)O)C1C(=O)O. The van der Waals surface area contributed by atoms with Gasteiger partial charge in [0, 0.05) is 0 Å². The van der Waals surface area contributed by atoms with Crippen LogP contribution in [-0.2, 0) is 19.2 Å². The van der Waals surface area contributed by atoms with Gasteiger partial charge in [0.25, 0.3) is 0 Å².